The van der Waals surface area contributed by atoms with Gasteiger partial charge in [0.05, 0.1) is 10.0 Å². The van der Waals surface area contributed by atoms with Gasteiger partial charge < -0.3 is 0 Å². The SMILES string of the molecule is Cc1cccc(CCC(NN)c2ccc(Cl)c(Cl)c2)c1. The van der Waals surface area contributed by atoms with E-state index in [2.05, 4.69) is 36.6 Å². The van der Waals surface area contributed by atoms with E-state index in [4.69, 9.17) is 29.0 Å². The van der Waals surface area contributed by atoms with Gasteiger partial charge in [-0.15, -0.1) is 0 Å². The number of hydrazine groups is 1. The molecule has 0 aliphatic rings. The number of nitrogens with two attached hydrogens (primary N) is 1. The molecule has 3 N–H and O–H groups in total. The molecule has 2 nitrogen and oxygen atoms in total. The van der Waals surface area contributed by atoms with Crippen LogP contribution in [-0.4, -0.2) is 0 Å². The Labute approximate surface area is 129 Å². The zero-order chi connectivity index (χ0) is 14.5. The van der Waals surface area contributed by atoms with Crippen LogP contribution in [0, 0.1) is 6.92 Å². The maximum atomic E-state index is 6.05. The molecule has 20 heavy (non-hydrogen) atoms. The van der Waals surface area contributed by atoms with Crippen molar-refractivity contribution in [2.45, 2.75) is 25.8 Å². The van der Waals surface area contributed by atoms with Crippen molar-refractivity contribution in [2.75, 3.05) is 0 Å². The summed E-state index contributed by atoms with van der Waals surface area (Å²) in [6.45, 7) is 2.10. The van der Waals surface area contributed by atoms with Crippen molar-refractivity contribution in [2.24, 2.45) is 5.84 Å². The fourth-order valence-corrected chi connectivity index (χ4v) is 2.56. The Balaban J connectivity index is 2.07. The average Bonchev–Trinajstić information content (AvgIpc) is 2.43. The number of hydrogen-bond acceptors (Lipinski definition) is 2. The molecule has 4 heteroatoms. The van der Waals surface area contributed by atoms with Crippen LogP contribution in [0.3, 0.4) is 0 Å². The van der Waals surface area contributed by atoms with E-state index in [0.29, 0.717) is 10.0 Å². The second-order valence-electron chi connectivity index (χ2n) is 4.92. The zero-order valence-electron chi connectivity index (χ0n) is 11.4. The van der Waals surface area contributed by atoms with Crippen molar-refractivity contribution in [1.82, 2.24) is 5.43 Å². The molecule has 0 amide bonds. The Morgan fingerprint density at radius 2 is 1.90 bits per heavy atom. The summed E-state index contributed by atoms with van der Waals surface area (Å²) in [5.74, 6) is 5.66. The fourth-order valence-electron chi connectivity index (χ4n) is 2.25. The fraction of sp³-hybridized carbons (Fsp3) is 0.250. The maximum absolute atomic E-state index is 6.05. The van der Waals surface area contributed by atoms with Gasteiger partial charge in [-0.25, -0.2) is 0 Å². The number of nitrogens with one attached hydrogen (secondary N) is 1. The topological polar surface area (TPSA) is 38.0 Å². The lowest BCUT2D eigenvalue weighted by molar-refractivity contribution is 0.516. The minimum absolute atomic E-state index is 0.0604. The van der Waals surface area contributed by atoms with Crippen molar-refractivity contribution in [3.63, 3.8) is 0 Å². The Morgan fingerprint density at radius 3 is 2.55 bits per heavy atom. The minimum Gasteiger partial charge on any atom is -0.271 e. The van der Waals surface area contributed by atoms with E-state index in [1.807, 2.05) is 12.1 Å². The summed E-state index contributed by atoms with van der Waals surface area (Å²) in [6.07, 6.45) is 1.86. The standard InChI is InChI=1S/C16H18Cl2N2/c1-11-3-2-4-12(9-11)5-8-16(20-19)13-6-7-14(17)15(18)10-13/h2-4,6-7,9-10,16,20H,5,8,19H2,1H3. The summed E-state index contributed by atoms with van der Waals surface area (Å²) in [5, 5.41) is 1.12. The number of aryl methyl sites for hydroxylation is 2. The van der Waals surface area contributed by atoms with Gasteiger partial charge in [0.1, 0.15) is 0 Å². The highest BCUT2D eigenvalue weighted by atomic mass is 35.5. The van der Waals surface area contributed by atoms with E-state index in [-0.39, 0.29) is 6.04 Å². The molecule has 0 saturated heterocycles. The molecule has 0 bridgehead atoms. The van der Waals surface area contributed by atoms with E-state index in [0.717, 1.165) is 18.4 Å². The molecule has 0 aromatic heterocycles. The molecule has 0 aliphatic heterocycles. The van der Waals surface area contributed by atoms with E-state index < -0.39 is 0 Å². The lowest BCUT2D eigenvalue weighted by Gasteiger charge is -2.17. The minimum atomic E-state index is 0.0604. The largest absolute Gasteiger partial charge is 0.271 e. The Hall–Kier alpha value is -1.06. The molecule has 2 rings (SSSR count). The molecular formula is C16H18Cl2N2. The Bertz CT molecular complexity index is 584. The predicted molar refractivity (Wildman–Crippen MR) is 86.0 cm³/mol. The van der Waals surface area contributed by atoms with Crippen LogP contribution in [0.25, 0.3) is 0 Å². The normalized spacial score (nSPS) is 12.4. The summed E-state index contributed by atoms with van der Waals surface area (Å²) in [4.78, 5) is 0. The lowest BCUT2D eigenvalue weighted by atomic mass is 9.99. The highest BCUT2D eigenvalue weighted by Gasteiger charge is 2.11. The van der Waals surface area contributed by atoms with Crippen LogP contribution < -0.4 is 11.3 Å². The van der Waals surface area contributed by atoms with Crippen molar-refractivity contribution >= 4 is 23.2 Å². The second-order valence-corrected chi connectivity index (χ2v) is 5.73. The molecule has 0 fully saturated rings. The first kappa shape index (κ1) is 15.3. The maximum Gasteiger partial charge on any atom is 0.0595 e. The molecule has 0 spiro atoms. The van der Waals surface area contributed by atoms with Gasteiger partial charge in [0, 0.05) is 6.04 Å². The van der Waals surface area contributed by atoms with Crippen LogP contribution in [0.1, 0.15) is 29.2 Å². The van der Waals surface area contributed by atoms with Gasteiger partial charge in [-0.2, -0.15) is 0 Å². The van der Waals surface area contributed by atoms with Crippen molar-refractivity contribution < 1.29 is 0 Å². The lowest BCUT2D eigenvalue weighted by Crippen LogP contribution is -2.28. The summed E-state index contributed by atoms with van der Waals surface area (Å²) in [6, 6.07) is 14.2. The highest BCUT2D eigenvalue weighted by Crippen LogP contribution is 2.27. The number of benzene rings is 2. The summed E-state index contributed by atoms with van der Waals surface area (Å²) >= 11 is 12.0. The summed E-state index contributed by atoms with van der Waals surface area (Å²) in [5.41, 5.74) is 6.48. The van der Waals surface area contributed by atoms with Crippen LogP contribution in [0.5, 0.6) is 0 Å². The van der Waals surface area contributed by atoms with Crippen LogP contribution >= 0.6 is 23.2 Å². The van der Waals surface area contributed by atoms with Gasteiger partial charge in [-0.3, -0.25) is 11.3 Å². The van der Waals surface area contributed by atoms with Gasteiger partial charge in [-0.1, -0.05) is 59.1 Å². The second kappa shape index (κ2) is 7.09. The quantitative estimate of drug-likeness (QED) is 0.633. The Kier molecular flexibility index (Phi) is 5.44. The van der Waals surface area contributed by atoms with Crippen molar-refractivity contribution in [3.05, 3.63) is 69.2 Å². The van der Waals surface area contributed by atoms with Crippen LogP contribution in [0.4, 0.5) is 0 Å². The first-order valence-corrected chi connectivity index (χ1v) is 7.32. The van der Waals surface area contributed by atoms with E-state index in [1.165, 1.54) is 11.1 Å². The van der Waals surface area contributed by atoms with Gasteiger partial charge >= 0.3 is 0 Å². The molecule has 0 aliphatic carbocycles. The summed E-state index contributed by atoms with van der Waals surface area (Å²) in [7, 11) is 0. The predicted octanol–water partition coefficient (Wildman–Crippen LogP) is 4.44. The summed E-state index contributed by atoms with van der Waals surface area (Å²) < 4.78 is 0. The molecular weight excluding hydrogens is 291 g/mol. The molecule has 0 saturated carbocycles. The highest BCUT2D eigenvalue weighted by molar-refractivity contribution is 6.42. The molecule has 106 valence electrons. The molecule has 1 atom stereocenters. The van der Waals surface area contributed by atoms with Crippen molar-refractivity contribution in [1.29, 1.82) is 0 Å². The first-order valence-electron chi connectivity index (χ1n) is 6.57. The number of hydrogen-bond donors (Lipinski definition) is 2. The third-order valence-corrected chi connectivity index (χ3v) is 4.09. The zero-order valence-corrected chi connectivity index (χ0v) is 12.9. The smallest absolute Gasteiger partial charge is 0.0595 e. The van der Waals surface area contributed by atoms with Crippen LogP contribution in [0.2, 0.25) is 10.0 Å². The first-order chi connectivity index (χ1) is 9.60. The van der Waals surface area contributed by atoms with Gasteiger partial charge in [0.15, 0.2) is 0 Å². The molecule has 1 unspecified atom stereocenters. The van der Waals surface area contributed by atoms with Gasteiger partial charge in [0.2, 0.25) is 0 Å². The number of rotatable bonds is 5. The van der Waals surface area contributed by atoms with Crippen LogP contribution in [-0.2, 0) is 6.42 Å². The van der Waals surface area contributed by atoms with E-state index >= 15 is 0 Å². The third-order valence-electron chi connectivity index (χ3n) is 3.35. The van der Waals surface area contributed by atoms with E-state index in [1.54, 1.807) is 6.07 Å². The molecule has 0 heterocycles. The number of halogens is 2. The average molecular weight is 309 g/mol. The monoisotopic (exact) mass is 308 g/mol. The van der Waals surface area contributed by atoms with E-state index in [9.17, 15) is 0 Å². The van der Waals surface area contributed by atoms with Gasteiger partial charge in [-0.05, 0) is 43.0 Å². The molecule has 2 aromatic carbocycles. The Morgan fingerprint density at radius 1 is 1.10 bits per heavy atom. The van der Waals surface area contributed by atoms with Crippen molar-refractivity contribution in [3.8, 4) is 0 Å². The van der Waals surface area contributed by atoms with Gasteiger partial charge in [0.25, 0.3) is 0 Å². The third kappa shape index (κ3) is 3.97. The molecule has 2 aromatic rings. The molecule has 0 radical (unpaired) electrons. The van der Waals surface area contributed by atoms with Crippen LogP contribution in [0.15, 0.2) is 42.5 Å².